The highest BCUT2D eigenvalue weighted by Gasteiger charge is 2.15. The maximum absolute atomic E-state index is 3.54. The van der Waals surface area contributed by atoms with Crippen molar-refractivity contribution < 1.29 is 0 Å². The molecule has 0 aromatic carbocycles. The Labute approximate surface area is 225 Å². The van der Waals surface area contributed by atoms with Crippen molar-refractivity contribution in [3.8, 4) is 0 Å². The number of nitrogens with one attached hydrogen (secondary N) is 2. The van der Waals surface area contributed by atoms with E-state index >= 15 is 0 Å². The van der Waals surface area contributed by atoms with Gasteiger partial charge in [-0.05, 0) is 101 Å². The molecule has 216 valence electrons. The molecule has 0 bridgehead atoms. The molecule has 0 saturated carbocycles. The number of hydrogen-bond donors (Lipinski definition) is 2. The summed E-state index contributed by atoms with van der Waals surface area (Å²) in [7, 11) is 4.28. The fourth-order valence-corrected chi connectivity index (χ4v) is 4.04. The lowest BCUT2D eigenvalue weighted by Crippen LogP contribution is -2.32. The largest absolute Gasteiger partial charge is 0.317 e. The van der Waals surface area contributed by atoms with Crippen LogP contribution in [-0.4, -0.2) is 50.7 Å². The number of unbranched alkanes of at least 4 members (excludes halogenated alkanes) is 1. The fourth-order valence-electron chi connectivity index (χ4n) is 4.04. The van der Waals surface area contributed by atoms with Gasteiger partial charge in [0.25, 0.3) is 0 Å². The first-order valence-electron chi connectivity index (χ1n) is 14.9. The molecule has 0 fully saturated rings. The van der Waals surface area contributed by atoms with Gasteiger partial charge in [-0.1, -0.05) is 96.4 Å². The molecular formula is C32H73N3. The van der Waals surface area contributed by atoms with E-state index in [2.05, 4.69) is 120 Å². The van der Waals surface area contributed by atoms with Gasteiger partial charge in [0.15, 0.2) is 0 Å². The first-order chi connectivity index (χ1) is 15.8. The van der Waals surface area contributed by atoms with Crippen LogP contribution in [0.15, 0.2) is 0 Å². The van der Waals surface area contributed by atoms with Crippen LogP contribution in [0.2, 0.25) is 0 Å². The van der Waals surface area contributed by atoms with Crippen LogP contribution in [0.5, 0.6) is 0 Å². The van der Waals surface area contributed by atoms with E-state index in [4.69, 9.17) is 0 Å². The van der Waals surface area contributed by atoms with E-state index in [9.17, 15) is 0 Å². The monoisotopic (exact) mass is 500 g/mol. The van der Waals surface area contributed by atoms with Crippen molar-refractivity contribution in [3.05, 3.63) is 0 Å². The standard InChI is InChI=1S/C12H27N.C11H25N.C9H21N/c1-6-7-10-13(5)11-8-9-12(2,3)4;1-9(2)8-12-10(3)7-11(4,5)6;1-6-8(10-5)7-9(2,3)4/h6-11H2,1-5H3;9-10,12H,7-8H2,1-6H3;8,10H,6-7H2,1-5H3. The minimum Gasteiger partial charge on any atom is -0.317 e. The van der Waals surface area contributed by atoms with Crippen molar-refractivity contribution in [1.29, 1.82) is 0 Å². The zero-order valence-corrected chi connectivity index (χ0v) is 27.8. The van der Waals surface area contributed by atoms with Crippen LogP contribution in [0.4, 0.5) is 0 Å². The van der Waals surface area contributed by atoms with E-state index in [-0.39, 0.29) is 0 Å². The third kappa shape index (κ3) is 38.6. The summed E-state index contributed by atoms with van der Waals surface area (Å²) < 4.78 is 0. The molecule has 2 unspecified atom stereocenters. The van der Waals surface area contributed by atoms with Crippen molar-refractivity contribution >= 4 is 0 Å². The van der Waals surface area contributed by atoms with E-state index in [0.717, 1.165) is 12.5 Å². The minimum absolute atomic E-state index is 0.448. The number of hydrogen-bond acceptors (Lipinski definition) is 3. The van der Waals surface area contributed by atoms with Crippen LogP contribution in [0.1, 0.15) is 142 Å². The van der Waals surface area contributed by atoms with Crippen LogP contribution in [0, 0.1) is 22.2 Å². The quantitative estimate of drug-likeness (QED) is 0.265. The minimum atomic E-state index is 0.448. The van der Waals surface area contributed by atoms with Gasteiger partial charge in [-0.25, -0.2) is 0 Å². The van der Waals surface area contributed by atoms with E-state index in [1.165, 1.54) is 58.0 Å². The molecule has 0 radical (unpaired) electrons. The van der Waals surface area contributed by atoms with Gasteiger partial charge in [0.05, 0.1) is 0 Å². The molecule has 0 heterocycles. The normalized spacial score (nSPS) is 14.2. The molecule has 3 nitrogen and oxygen atoms in total. The van der Waals surface area contributed by atoms with Gasteiger partial charge in [0, 0.05) is 12.1 Å². The zero-order valence-electron chi connectivity index (χ0n) is 27.8. The molecule has 0 saturated heterocycles. The predicted molar refractivity (Wildman–Crippen MR) is 165 cm³/mol. The van der Waals surface area contributed by atoms with Crippen LogP contribution in [0.3, 0.4) is 0 Å². The Hall–Kier alpha value is -0.120. The van der Waals surface area contributed by atoms with Crippen LogP contribution < -0.4 is 10.6 Å². The molecule has 35 heavy (non-hydrogen) atoms. The van der Waals surface area contributed by atoms with Gasteiger partial charge in [0.1, 0.15) is 0 Å². The van der Waals surface area contributed by atoms with Gasteiger partial charge in [0.2, 0.25) is 0 Å². The van der Waals surface area contributed by atoms with E-state index in [1.54, 1.807) is 0 Å². The zero-order chi connectivity index (χ0) is 28.3. The maximum Gasteiger partial charge on any atom is 0.00664 e. The molecule has 0 spiro atoms. The molecule has 2 N–H and O–H groups in total. The third-order valence-electron chi connectivity index (χ3n) is 5.91. The van der Waals surface area contributed by atoms with Gasteiger partial charge in [-0.15, -0.1) is 0 Å². The summed E-state index contributed by atoms with van der Waals surface area (Å²) in [6.07, 6.45) is 9.07. The Bertz CT molecular complexity index is 433. The summed E-state index contributed by atoms with van der Waals surface area (Å²) >= 11 is 0. The summed E-state index contributed by atoms with van der Waals surface area (Å²) in [5.41, 5.74) is 1.42. The average molecular weight is 500 g/mol. The van der Waals surface area contributed by atoms with Crippen molar-refractivity contribution in [2.75, 3.05) is 33.7 Å². The first kappa shape index (κ1) is 39.4. The molecule has 0 rings (SSSR count). The van der Waals surface area contributed by atoms with Crippen molar-refractivity contribution in [2.24, 2.45) is 22.2 Å². The summed E-state index contributed by atoms with van der Waals surface area (Å²) in [6.45, 7) is 35.6. The van der Waals surface area contributed by atoms with Crippen LogP contribution in [-0.2, 0) is 0 Å². The smallest absolute Gasteiger partial charge is 0.00664 e. The Kier molecular flexibility index (Phi) is 23.5. The first-order valence-corrected chi connectivity index (χ1v) is 14.9. The molecule has 0 amide bonds. The molecule has 3 heteroatoms. The van der Waals surface area contributed by atoms with E-state index in [1.807, 2.05) is 7.05 Å². The molecular weight excluding hydrogens is 426 g/mol. The predicted octanol–water partition coefficient (Wildman–Crippen LogP) is 9.02. The fraction of sp³-hybridized carbons (Fsp3) is 1.00. The van der Waals surface area contributed by atoms with Crippen molar-refractivity contribution in [2.45, 2.75) is 154 Å². The Morgan fingerprint density at radius 2 is 1.20 bits per heavy atom. The highest BCUT2D eigenvalue weighted by Crippen LogP contribution is 2.22. The molecule has 0 aliphatic carbocycles. The van der Waals surface area contributed by atoms with Gasteiger partial charge in [-0.2, -0.15) is 0 Å². The third-order valence-corrected chi connectivity index (χ3v) is 5.91. The van der Waals surface area contributed by atoms with E-state index < -0.39 is 0 Å². The second kappa shape index (κ2) is 20.9. The molecule has 2 atom stereocenters. The molecule has 0 aliphatic heterocycles. The van der Waals surface area contributed by atoms with Crippen molar-refractivity contribution in [1.82, 2.24) is 15.5 Å². The second-order valence-electron chi connectivity index (χ2n) is 14.9. The summed E-state index contributed by atoms with van der Waals surface area (Å²) in [5, 5.41) is 6.85. The van der Waals surface area contributed by atoms with Crippen LogP contribution >= 0.6 is 0 Å². The molecule has 0 aromatic heterocycles. The Morgan fingerprint density at radius 1 is 0.714 bits per heavy atom. The Balaban J connectivity index is -0.000000443. The molecule has 0 aromatic rings. The van der Waals surface area contributed by atoms with Crippen LogP contribution in [0.25, 0.3) is 0 Å². The highest BCUT2D eigenvalue weighted by atomic mass is 15.1. The molecule has 0 aliphatic rings. The van der Waals surface area contributed by atoms with Gasteiger partial charge in [-0.3, -0.25) is 0 Å². The summed E-state index contributed by atoms with van der Waals surface area (Å²) in [5.74, 6) is 0.757. The summed E-state index contributed by atoms with van der Waals surface area (Å²) in [4.78, 5) is 2.45. The topological polar surface area (TPSA) is 27.3 Å². The number of nitrogens with zero attached hydrogens (tertiary/aromatic N) is 1. The maximum atomic E-state index is 3.54. The van der Waals surface area contributed by atoms with E-state index in [0.29, 0.717) is 28.3 Å². The summed E-state index contributed by atoms with van der Waals surface area (Å²) in [6, 6.07) is 1.34. The lowest BCUT2D eigenvalue weighted by Gasteiger charge is -2.24. The SMILES string of the molecule is CC(C)CNC(C)CC(C)(C)C.CCC(CC(C)(C)C)NC.CCCCN(C)CCCC(C)(C)C. The number of rotatable bonds is 13. The van der Waals surface area contributed by atoms with Gasteiger partial charge < -0.3 is 15.5 Å². The Morgan fingerprint density at radius 3 is 1.51 bits per heavy atom. The second-order valence-corrected chi connectivity index (χ2v) is 14.9. The average Bonchev–Trinajstić information content (AvgIpc) is 2.67. The lowest BCUT2D eigenvalue weighted by molar-refractivity contribution is 0.284. The lowest BCUT2D eigenvalue weighted by atomic mass is 9.87. The van der Waals surface area contributed by atoms with Gasteiger partial charge >= 0.3 is 0 Å². The highest BCUT2D eigenvalue weighted by molar-refractivity contribution is 4.72. The van der Waals surface area contributed by atoms with Crippen molar-refractivity contribution in [3.63, 3.8) is 0 Å².